The van der Waals surface area contributed by atoms with Crippen molar-refractivity contribution in [3.05, 3.63) is 53.5 Å². The van der Waals surface area contributed by atoms with Crippen molar-refractivity contribution in [2.75, 3.05) is 13.1 Å². The van der Waals surface area contributed by atoms with Crippen LogP contribution in [-0.2, 0) is 9.59 Å². The lowest BCUT2D eigenvalue weighted by atomic mass is 9.89. The second-order valence-corrected chi connectivity index (χ2v) is 7.32. The monoisotopic (exact) mass is 337 g/mol. The average molecular weight is 337 g/mol. The molecule has 3 rings (SSSR count). The van der Waals surface area contributed by atoms with Gasteiger partial charge in [-0.25, -0.2) is 0 Å². The summed E-state index contributed by atoms with van der Waals surface area (Å²) in [6, 6.07) is 5.66. The second-order valence-electron chi connectivity index (χ2n) is 7.32. The van der Waals surface area contributed by atoms with Crippen molar-refractivity contribution in [3.63, 3.8) is 0 Å². The van der Waals surface area contributed by atoms with E-state index in [1.165, 1.54) is 0 Å². The molecule has 2 aliphatic rings. The molecule has 5 heteroatoms. The van der Waals surface area contributed by atoms with Crippen molar-refractivity contribution in [1.29, 1.82) is 0 Å². The zero-order chi connectivity index (χ0) is 18.0. The van der Waals surface area contributed by atoms with Crippen molar-refractivity contribution >= 4 is 17.4 Å². The van der Waals surface area contributed by atoms with Crippen molar-refractivity contribution in [1.82, 2.24) is 9.88 Å². The molecule has 25 heavy (non-hydrogen) atoms. The minimum absolute atomic E-state index is 0.0258. The predicted molar refractivity (Wildman–Crippen MR) is 97.2 cm³/mol. The van der Waals surface area contributed by atoms with Gasteiger partial charge < -0.3 is 4.90 Å². The summed E-state index contributed by atoms with van der Waals surface area (Å²) < 4.78 is 0. The maximum atomic E-state index is 12.7. The Morgan fingerprint density at radius 3 is 2.64 bits per heavy atom. The largest absolute Gasteiger partial charge is 0.303 e. The molecule has 5 nitrogen and oxygen atoms in total. The van der Waals surface area contributed by atoms with E-state index in [2.05, 4.69) is 16.1 Å². The molecule has 0 atom stereocenters. The molecule has 130 valence electrons. The molecule has 1 aliphatic heterocycles. The van der Waals surface area contributed by atoms with Gasteiger partial charge in [0.25, 0.3) is 0 Å². The number of aliphatic imine (C=N–C) groups is 1. The van der Waals surface area contributed by atoms with Crippen LogP contribution in [-0.4, -0.2) is 40.4 Å². The molecule has 0 aromatic carbocycles. The zero-order valence-corrected chi connectivity index (χ0v) is 15.0. The standard InChI is InChI=1S/C20H23N3O2/c1-20(2,3)17(24)13-23-16-10-5-4-8-14(16)19(22-12-18(23)25)15-9-6-7-11-21-15/h6-11H,4-5,12-13H2,1-3H3. The van der Waals surface area contributed by atoms with Gasteiger partial charge in [0, 0.05) is 22.9 Å². The Hall–Kier alpha value is -2.56. The molecular formula is C20H23N3O2. The summed E-state index contributed by atoms with van der Waals surface area (Å²) in [6.07, 6.45) is 7.59. The molecule has 0 saturated heterocycles. The van der Waals surface area contributed by atoms with Crippen LogP contribution < -0.4 is 0 Å². The van der Waals surface area contributed by atoms with Crippen LogP contribution in [0.2, 0.25) is 0 Å². The first-order valence-corrected chi connectivity index (χ1v) is 8.58. The van der Waals surface area contributed by atoms with Crippen LogP contribution in [0.25, 0.3) is 0 Å². The van der Waals surface area contributed by atoms with Crippen LogP contribution in [0.3, 0.4) is 0 Å². The van der Waals surface area contributed by atoms with E-state index >= 15 is 0 Å². The van der Waals surface area contributed by atoms with Crippen LogP contribution in [0.4, 0.5) is 0 Å². The first-order valence-electron chi connectivity index (χ1n) is 8.58. The molecule has 1 amide bonds. The van der Waals surface area contributed by atoms with Crippen LogP contribution >= 0.6 is 0 Å². The van der Waals surface area contributed by atoms with E-state index in [0.29, 0.717) is 0 Å². The van der Waals surface area contributed by atoms with Crippen LogP contribution in [0.1, 0.15) is 39.3 Å². The third-order valence-corrected chi connectivity index (χ3v) is 4.39. The van der Waals surface area contributed by atoms with Gasteiger partial charge >= 0.3 is 0 Å². The number of amides is 1. The Bertz CT molecular complexity index is 783. The van der Waals surface area contributed by atoms with Gasteiger partial charge in [-0.2, -0.15) is 0 Å². The minimum Gasteiger partial charge on any atom is -0.303 e. The van der Waals surface area contributed by atoms with Gasteiger partial charge in [-0.05, 0) is 25.0 Å². The number of nitrogens with zero attached hydrogens (tertiary/aromatic N) is 3. The summed E-state index contributed by atoms with van der Waals surface area (Å²) >= 11 is 0. The number of hydrogen-bond donors (Lipinski definition) is 0. The fourth-order valence-corrected chi connectivity index (χ4v) is 2.86. The summed E-state index contributed by atoms with van der Waals surface area (Å²) in [4.78, 5) is 35.7. The van der Waals surface area contributed by atoms with Gasteiger partial charge in [0.2, 0.25) is 5.91 Å². The molecule has 0 radical (unpaired) electrons. The number of carbonyl (C=O) groups is 2. The second kappa shape index (κ2) is 6.75. The highest BCUT2D eigenvalue weighted by molar-refractivity contribution is 6.16. The average Bonchev–Trinajstić information content (AvgIpc) is 2.73. The Morgan fingerprint density at radius 1 is 1.20 bits per heavy atom. The fourth-order valence-electron chi connectivity index (χ4n) is 2.86. The minimum atomic E-state index is -0.490. The molecule has 1 aromatic rings. The Balaban J connectivity index is 1.99. The summed E-state index contributed by atoms with van der Waals surface area (Å²) in [5.74, 6) is -0.115. The van der Waals surface area contributed by atoms with E-state index < -0.39 is 5.41 Å². The first kappa shape index (κ1) is 17.3. The number of ketones is 1. The molecule has 0 bridgehead atoms. The van der Waals surface area contributed by atoms with E-state index in [9.17, 15) is 9.59 Å². The van der Waals surface area contributed by atoms with E-state index in [1.54, 1.807) is 11.1 Å². The van der Waals surface area contributed by atoms with E-state index in [4.69, 9.17) is 0 Å². The lowest BCUT2D eigenvalue weighted by molar-refractivity contribution is -0.135. The predicted octanol–water partition coefficient (Wildman–Crippen LogP) is 2.93. The van der Waals surface area contributed by atoms with Gasteiger partial charge in [0.1, 0.15) is 6.54 Å². The van der Waals surface area contributed by atoms with Crippen LogP contribution in [0.5, 0.6) is 0 Å². The summed E-state index contributed by atoms with van der Waals surface area (Å²) in [6.45, 7) is 5.73. The highest BCUT2D eigenvalue weighted by Crippen LogP contribution is 2.29. The maximum Gasteiger partial charge on any atom is 0.249 e. The summed E-state index contributed by atoms with van der Waals surface area (Å²) in [5, 5.41) is 0. The van der Waals surface area contributed by atoms with Crippen molar-refractivity contribution < 1.29 is 9.59 Å². The lowest BCUT2D eigenvalue weighted by Crippen LogP contribution is -2.40. The molecule has 0 fully saturated rings. The Labute approximate surface area is 148 Å². The molecule has 0 spiro atoms. The molecule has 1 aromatic heterocycles. The lowest BCUT2D eigenvalue weighted by Gasteiger charge is -2.29. The molecule has 0 unspecified atom stereocenters. The number of carbonyl (C=O) groups excluding carboxylic acids is 2. The number of pyridine rings is 1. The molecule has 1 aliphatic carbocycles. The maximum absolute atomic E-state index is 12.7. The highest BCUT2D eigenvalue weighted by atomic mass is 16.2. The van der Waals surface area contributed by atoms with Crippen LogP contribution in [0.15, 0.2) is 52.8 Å². The van der Waals surface area contributed by atoms with Gasteiger partial charge in [-0.15, -0.1) is 0 Å². The van der Waals surface area contributed by atoms with E-state index in [-0.39, 0.29) is 24.8 Å². The van der Waals surface area contributed by atoms with Gasteiger partial charge in [-0.1, -0.05) is 39.0 Å². The topological polar surface area (TPSA) is 62.6 Å². The van der Waals surface area contributed by atoms with Gasteiger partial charge in [-0.3, -0.25) is 19.6 Å². The van der Waals surface area contributed by atoms with E-state index in [1.807, 2.05) is 45.0 Å². The third kappa shape index (κ3) is 3.60. The number of rotatable bonds is 3. The highest BCUT2D eigenvalue weighted by Gasteiger charge is 2.32. The van der Waals surface area contributed by atoms with Crippen molar-refractivity contribution in [3.8, 4) is 0 Å². The third-order valence-electron chi connectivity index (χ3n) is 4.39. The van der Waals surface area contributed by atoms with Gasteiger partial charge in [0.05, 0.1) is 18.0 Å². The summed E-state index contributed by atoms with van der Waals surface area (Å²) in [7, 11) is 0. The summed E-state index contributed by atoms with van der Waals surface area (Å²) in [5.41, 5.74) is 2.67. The molecular weight excluding hydrogens is 314 g/mol. The Morgan fingerprint density at radius 2 is 1.96 bits per heavy atom. The van der Waals surface area contributed by atoms with E-state index in [0.717, 1.165) is 35.5 Å². The van der Waals surface area contributed by atoms with Gasteiger partial charge in [0.15, 0.2) is 5.78 Å². The van der Waals surface area contributed by atoms with Crippen LogP contribution in [0, 0.1) is 5.41 Å². The quantitative estimate of drug-likeness (QED) is 0.852. The molecule has 2 heterocycles. The number of Topliss-reactive ketones (excluding diaryl/α,β-unsaturated/α-hetero) is 1. The van der Waals surface area contributed by atoms with Crippen molar-refractivity contribution in [2.24, 2.45) is 10.4 Å². The Kier molecular flexibility index (Phi) is 4.66. The molecule has 0 N–H and O–H groups in total. The SMILES string of the molecule is CC(C)(C)C(=O)CN1C(=O)CN=C(c2ccccn2)C2=CCCC=C21. The zero-order valence-electron chi connectivity index (χ0n) is 15.0. The smallest absolute Gasteiger partial charge is 0.249 e. The first-order chi connectivity index (χ1) is 11.9. The fraction of sp³-hybridized carbons (Fsp3) is 0.400. The number of allylic oxidation sites excluding steroid dienone is 3. The number of aromatic nitrogens is 1. The number of fused-ring (bicyclic) bond motifs is 1. The number of hydrogen-bond acceptors (Lipinski definition) is 4. The normalized spacial score (nSPS) is 18.0. The molecule has 0 saturated carbocycles. The van der Waals surface area contributed by atoms with Crippen molar-refractivity contribution in [2.45, 2.75) is 33.6 Å².